The van der Waals surface area contributed by atoms with Crippen LogP contribution in [0.2, 0.25) is 0 Å². The molecular weight excluding hydrogens is 324 g/mol. The largest absolute Gasteiger partial charge is 0.374 e. The smallest absolute Gasteiger partial charge is 0.258 e. The summed E-state index contributed by atoms with van der Waals surface area (Å²) in [4.78, 5) is 18.8. The first-order valence-corrected chi connectivity index (χ1v) is 7.54. The molecule has 2 atom stereocenters. The van der Waals surface area contributed by atoms with Crippen LogP contribution < -0.4 is 11.3 Å². The Kier molecular flexibility index (Phi) is 3.91. The van der Waals surface area contributed by atoms with E-state index in [-0.39, 0.29) is 18.1 Å². The highest BCUT2D eigenvalue weighted by Crippen LogP contribution is 2.31. The van der Waals surface area contributed by atoms with Crippen molar-refractivity contribution >= 4 is 27.7 Å². The van der Waals surface area contributed by atoms with E-state index in [4.69, 9.17) is 10.6 Å². The molecule has 1 aliphatic heterocycles. The molecule has 0 aromatic carbocycles. The number of carbonyl (C=O) groups excluding carboxylic acids is 1. The average Bonchev–Trinajstić information content (AvgIpc) is 2.94. The lowest BCUT2D eigenvalue weighted by Crippen LogP contribution is -2.51. The van der Waals surface area contributed by atoms with E-state index in [0.29, 0.717) is 24.5 Å². The fourth-order valence-electron chi connectivity index (χ4n) is 3.05. The molecule has 6 nitrogen and oxygen atoms in total. The standard InChI is InChI=1S/C13H17BrN4O2/c14-8-6-9(12(17-15)16-7-8)13(19)18-4-5-20-11-3-1-2-10(11)18/h6-7,10-11H,1-5,15H2,(H,16,17). The van der Waals surface area contributed by atoms with E-state index in [1.165, 1.54) is 0 Å². The number of halogens is 1. The van der Waals surface area contributed by atoms with Crippen molar-refractivity contribution in [3.63, 3.8) is 0 Å². The van der Waals surface area contributed by atoms with E-state index in [1.807, 2.05) is 4.90 Å². The molecular formula is C13H17BrN4O2. The Bertz CT molecular complexity index is 525. The molecule has 1 aliphatic carbocycles. The first-order chi connectivity index (χ1) is 9.70. The van der Waals surface area contributed by atoms with Crippen molar-refractivity contribution < 1.29 is 9.53 Å². The summed E-state index contributed by atoms with van der Waals surface area (Å²) >= 11 is 3.35. The predicted molar refractivity (Wildman–Crippen MR) is 78.2 cm³/mol. The zero-order valence-corrected chi connectivity index (χ0v) is 12.6. The minimum Gasteiger partial charge on any atom is -0.374 e. The van der Waals surface area contributed by atoms with Gasteiger partial charge in [-0.3, -0.25) is 4.79 Å². The van der Waals surface area contributed by atoms with E-state index in [9.17, 15) is 4.79 Å². The topological polar surface area (TPSA) is 80.5 Å². The monoisotopic (exact) mass is 340 g/mol. The molecule has 3 rings (SSSR count). The lowest BCUT2D eigenvalue weighted by atomic mass is 10.1. The van der Waals surface area contributed by atoms with Crippen molar-refractivity contribution in [1.29, 1.82) is 0 Å². The van der Waals surface area contributed by atoms with E-state index in [0.717, 1.165) is 23.7 Å². The molecule has 2 unspecified atom stereocenters. The van der Waals surface area contributed by atoms with Crippen LogP contribution in [0.1, 0.15) is 29.6 Å². The molecule has 3 N–H and O–H groups in total. The van der Waals surface area contributed by atoms with Crippen molar-refractivity contribution in [2.75, 3.05) is 18.6 Å². The highest BCUT2D eigenvalue weighted by molar-refractivity contribution is 9.10. The normalized spacial score (nSPS) is 25.4. The molecule has 1 amide bonds. The second-order valence-electron chi connectivity index (χ2n) is 5.10. The Labute approximate surface area is 125 Å². The van der Waals surface area contributed by atoms with Gasteiger partial charge < -0.3 is 15.1 Å². The van der Waals surface area contributed by atoms with Gasteiger partial charge in [0.15, 0.2) is 5.82 Å². The number of nitrogens with one attached hydrogen (secondary N) is 1. The minimum absolute atomic E-state index is 0.0352. The molecule has 0 bridgehead atoms. The summed E-state index contributed by atoms with van der Waals surface area (Å²) in [5.74, 6) is 5.82. The van der Waals surface area contributed by atoms with Gasteiger partial charge in [-0.2, -0.15) is 0 Å². The number of nitrogens with two attached hydrogens (primary N) is 1. The maximum absolute atomic E-state index is 12.8. The van der Waals surface area contributed by atoms with Gasteiger partial charge in [-0.05, 0) is 41.3 Å². The number of hydrazine groups is 1. The number of hydrogen-bond donors (Lipinski definition) is 2. The second-order valence-corrected chi connectivity index (χ2v) is 6.02. The van der Waals surface area contributed by atoms with Gasteiger partial charge in [0.25, 0.3) is 5.91 Å². The fourth-order valence-corrected chi connectivity index (χ4v) is 3.38. The van der Waals surface area contributed by atoms with Gasteiger partial charge in [-0.25, -0.2) is 10.8 Å². The molecule has 1 aromatic rings. The van der Waals surface area contributed by atoms with E-state index >= 15 is 0 Å². The Balaban J connectivity index is 1.90. The van der Waals surface area contributed by atoms with Gasteiger partial charge in [-0.15, -0.1) is 0 Å². The fraction of sp³-hybridized carbons (Fsp3) is 0.538. The van der Waals surface area contributed by atoms with Crippen molar-refractivity contribution in [2.24, 2.45) is 5.84 Å². The lowest BCUT2D eigenvalue weighted by molar-refractivity contribution is -0.0445. The molecule has 1 saturated heterocycles. The number of morpholine rings is 1. The van der Waals surface area contributed by atoms with Crippen LogP contribution in [-0.4, -0.2) is 41.1 Å². The summed E-state index contributed by atoms with van der Waals surface area (Å²) in [6, 6.07) is 1.94. The number of hydrogen-bond acceptors (Lipinski definition) is 5. The van der Waals surface area contributed by atoms with E-state index in [1.54, 1.807) is 12.3 Å². The number of rotatable bonds is 2. The number of carbonyl (C=O) groups is 1. The van der Waals surface area contributed by atoms with Crippen molar-refractivity contribution in [3.8, 4) is 0 Å². The Hall–Kier alpha value is -1.18. The van der Waals surface area contributed by atoms with Crippen LogP contribution in [-0.2, 0) is 4.74 Å². The number of ether oxygens (including phenoxy) is 1. The summed E-state index contributed by atoms with van der Waals surface area (Å²) in [5.41, 5.74) is 2.99. The maximum Gasteiger partial charge on any atom is 0.258 e. The van der Waals surface area contributed by atoms with Crippen LogP contribution in [0.4, 0.5) is 5.82 Å². The Morgan fingerprint density at radius 1 is 1.55 bits per heavy atom. The Morgan fingerprint density at radius 3 is 3.20 bits per heavy atom. The molecule has 1 aromatic heterocycles. The minimum atomic E-state index is -0.0352. The van der Waals surface area contributed by atoms with Crippen molar-refractivity contribution in [3.05, 3.63) is 22.3 Å². The van der Waals surface area contributed by atoms with Crippen LogP contribution >= 0.6 is 15.9 Å². The summed E-state index contributed by atoms with van der Waals surface area (Å²) in [6.07, 6.45) is 4.94. The van der Waals surface area contributed by atoms with Crippen LogP contribution in [0.25, 0.3) is 0 Å². The molecule has 0 radical (unpaired) electrons. The maximum atomic E-state index is 12.8. The van der Waals surface area contributed by atoms with Gasteiger partial charge in [-0.1, -0.05) is 0 Å². The van der Waals surface area contributed by atoms with Gasteiger partial charge >= 0.3 is 0 Å². The zero-order valence-electron chi connectivity index (χ0n) is 11.0. The zero-order chi connectivity index (χ0) is 14.1. The third-order valence-corrected chi connectivity index (χ3v) is 4.40. The highest BCUT2D eigenvalue weighted by atomic mass is 79.9. The number of anilines is 1. The van der Waals surface area contributed by atoms with Crippen LogP contribution in [0.3, 0.4) is 0 Å². The van der Waals surface area contributed by atoms with Crippen molar-refractivity contribution in [2.45, 2.75) is 31.4 Å². The lowest BCUT2D eigenvalue weighted by Gasteiger charge is -2.37. The van der Waals surface area contributed by atoms with Gasteiger partial charge in [0.2, 0.25) is 0 Å². The highest BCUT2D eigenvalue weighted by Gasteiger charge is 2.39. The number of fused-ring (bicyclic) bond motifs is 1. The number of pyridine rings is 1. The van der Waals surface area contributed by atoms with Crippen LogP contribution in [0.15, 0.2) is 16.7 Å². The number of aromatic nitrogens is 1. The Morgan fingerprint density at radius 2 is 2.40 bits per heavy atom. The van der Waals surface area contributed by atoms with Gasteiger partial charge in [0.1, 0.15) is 0 Å². The third-order valence-electron chi connectivity index (χ3n) is 3.96. The molecule has 2 heterocycles. The van der Waals surface area contributed by atoms with Crippen molar-refractivity contribution in [1.82, 2.24) is 9.88 Å². The first-order valence-electron chi connectivity index (χ1n) is 6.75. The van der Waals surface area contributed by atoms with E-state index < -0.39 is 0 Å². The summed E-state index contributed by atoms with van der Waals surface area (Å²) in [6.45, 7) is 1.22. The summed E-state index contributed by atoms with van der Waals surface area (Å²) < 4.78 is 6.50. The predicted octanol–water partition coefficient (Wildman–Crippen LogP) is 1.52. The van der Waals surface area contributed by atoms with Gasteiger partial charge in [0, 0.05) is 17.2 Å². The number of nitrogens with zero attached hydrogens (tertiary/aromatic N) is 2. The quantitative estimate of drug-likeness (QED) is 0.630. The number of amides is 1. The second kappa shape index (κ2) is 5.67. The SMILES string of the molecule is NNc1ncc(Br)cc1C(=O)N1CCOC2CCCC21. The average molecular weight is 341 g/mol. The van der Waals surface area contributed by atoms with Crippen LogP contribution in [0, 0.1) is 0 Å². The molecule has 108 valence electrons. The molecule has 20 heavy (non-hydrogen) atoms. The summed E-state index contributed by atoms with van der Waals surface area (Å²) in [7, 11) is 0. The number of nitrogen functional groups attached to an aromatic ring is 1. The van der Waals surface area contributed by atoms with E-state index in [2.05, 4.69) is 26.3 Å². The van der Waals surface area contributed by atoms with Crippen LogP contribution in [0.5, 0.6) is 0 Å². The molecule has 1 saturated carbocycles. The molecule has 2 fully saturated rings. The molecule has 7 heteroatoms. The third kappa shape index (κ3) is 2.41. The molecule has 0 spiro atoms. The molecule has 2 aliphatic rings. The first kappa shape index (κ1) is 13.8. The summed E-state index contributed by atoms with van der Waals surface area (Å²) in [5, 5.41) is 0. The van der Waals surface area contributed by atoms with Gasteiger partial charge in [0.05, 0.1) is 24.3 Å².